The van der Waals surface area contributed by atoms with Gasteiger partial charge in [-0.3, -0.25) is 14.8 Å². The molecule has 7 nitrogen and oxygen atoms in total. The number of rotatable bonds is 6. The largest absolute Gasteiger partial charge is 0.367 e. The standard InChI is InChI=1S/C26H34N6O/c1-31-16-17-32(18-23(31)19-8-4-2-5-9-19)24(33)13-12-21-25-22(30-29-21)14-15-27-26(25)28-20-10-6-3-7-11-20/h2,4-5,8-9,14-15,20,23H,3,6-7,10-13,16-18H2,1H3,(H,27,28)(H,29,30). The first-order chi connectivity index (χ1) is 16.2. The van der Waals surface area contributed by atoms with Crippen molar-refractivity contribution in [3.8, 4) is 0 Å². The molecule has 3 aromatic rings. The molecule has 2 aliphatic rings. The molecule has 1 aliphatic carbocycles. The number of amides is 1. The van der Waals surface area contributed by atoms with E-state index in [1.165, 1.54) is 37.7 Å². The molecule has 1 saturated heterocycles. The molecule has 1 aliphatic heterocycles. The van der Waals surface area contributed by atoms with E-state index in [4.69, 9.17) is 0 Å². The van der Waals surface area contributed by atoms with E-state index in [0.717, 1.165) is 42.0 Å². The molecule has 3 heterocycles. The Labute approximate surface area is 195 Å². The van der Waals surface area contributed by atoms with Gasteiger partial charge in [0.15, 0.2) is 0 Å². The van der Waals surface area contributed by atoms with Gasteiger partial charge in [0.2, 0.25) is 5.91 Å². The summed E-state index contributed by atoms with van der Waals surface area (Å²) in [5.41, 5.74) is 3.17. The number of nitrogens with zero attached hydrogens (tertiary/aromatic N) is 4. The van der Waals surface area contributed by atoms with Crippen molar-refractivity contribution < 1.29 is 4.79 Å². The number of H-pyrrole nitrogens is 1. The second-order valence-electron chi connectivity index (χ2n) is 9.48. The van der Waals surface area contributed by atoms with Crippen LogP contribution in [0.2, 0.25) is 0 Å². The Kier molecular flexibility index (Phi) is 6.58. The molecule has 1 atom stereocenters. The maximum atomic E-state index is 13.2. The van der Waals surface area contributed by atoms with E-state index in [1.807, 2.05) is 23.2 Å². The topological polar surface area (TPSA) is 77.2 Å². The lowest BCUT2D eigenvalue weighted by molar-refractivity contribution is -0.134. The number of aryl methyl sites for hydroxylation is 1. The highest BCUT2D eigenvalue weighted by molar-refractivity contribution is 5.92. The molecule has 2 N–H and O–H groups in total. The number of benzene rings is 1. The van der Waals surface area contributed by atoms with E-state index >= 15 is 0 Å². The number of carbonyl (C=O) groups excluding carboxylic acids is 1. The number of hydrogen-bond donors (Lipinski definition) is 2. The predicted octanol–water partition coefficient (Wildman–Crippen LogP) is 4.15. The number of piperazine rings is 1. The Morgan fingerprint density at radius 2 is 1.94 bits per heavy atom. The Morgan fingerprint density at radius 1 is 1.12 bits per heavy atom. The normalized spacial score (nSPS) is 20.3. The van der Waals surface area contributed by atoms with Gasteiger partial charge in [-0.05, 0) is 31.5 Å². The molecule has 1 saturated carbocycles. The third-order valence-corrected chi connectivity index (χ3v) is 7.26. The van der Waals surface area contributed by atoms with Crippen LogP contribution in [0.25, 0.3) is 10.9 Å². The minimum Gasteiger partial charge on any atom is -0.367 e. The van der Waals surface area contributed by atoms with Crippen LogP contribution in [0.4, 0.5) is 5.82 Å². The molecule has 7 heteroatoms. The zero-order valence-electron chi connectivity index (χ0n) is 19.5. The zero-order valence-corrected chi connectivity index (χ0v) is 19.5. The second-order valence-corrected chi connectivity index (χ2v) is 9.48. The predicted molar refractivity (Wildman–Crippen MR) is 131 cm³/mol. The van der Waals surface area contributed by atoms with Crippen molar-refractivity contribution in [1.82, 2.24) is 25.0 Å². The average molecular weight is 447 g/mol. The van der Waals surface area contributed by atoms with Gasteiger partial charge in [-0.1, -0.05) is 49.6 Å². The number of aromatic nitrogens is 3. The lowest BCUT2D eigenvalue weighted by Crippen LogP contribution is -2.49. The van der Waals surface area contributed by atoms with Crippen molar-refractivity contribution in [2.45, 2.75) is 57.0 Å². The molecule has 1 aromatic carbocycles. The van der Waals surface area contributed by atoms with E-state index in [9.17, 15) is 4.79 Å². The molecule has 5 rings (SSSR count). The van der Waals surface area contributed by atoms with Crippen LogP contribution in [-0.4, -0.2) is 63.6 Å². The quantitative estimate of drug-likeness (QED) is 0.595. The minimum absolute atomic E-state index is 0.200. The monoisotopic (exact) mass is 446 g/mol. The van der Waals surface area contributed by atoms with E-state index < -0.39 is 0 Å². The van der Waals surface area contributed by atoms with Crippen molar-refractivity contribution in [1.29, 1.82) is 0 Å². The SMILES string of the molecule is CN1CCN(C(=O)CCc2n[nH]c3ccnc(NC4CCCCC4)c23)CC1c1ccccc1. The Bertz CT molecular complexity index is 1070. The Hall–Kier alpha value is -2.93. The van der Waals surface area contributed by atoms with Gasteiger partial charge in [-0.25, -0.2) is 4.98 Å². The summed E-state index contributed by atoms with van der Waals surface area (Å²) in [6.45, 7) is 2.39. The summed E-state index contributed by atoms with van der Waals surface area (Å²) in [6, 6.07) is 13.2. The van der Waals surface area contributed by atoms with E-state index in [-0.39, 0.29) is 11.9 Å². The number of pyridine rings is 1. The molecular weight excluding hydrogens is 412 g/mol. The average Bonchev–Trinajstić information content (AvgIpc) is 3.28. The van der Waals surface area contributed by atoms with E-state index in [2.05, 4.69) is 56.7 Å². The van der Waals surface area contributed by atoms with Crippen molar-refractivity contribution in [3.63, 3.8) is 0 Å². The van der Waals surface area contributed by atoms with Crippen LogP contribution in [0.15, 0.2) is 42.6 Å². The van der Waals surface area contributed by atoms with Gasteiger partial charge in [-0.2, -0.15) is 5.10 Å². The first-order valence-electron chi connectivity index (χ1n) is 12.3. The van der Waals surface area contributed by atoms with Gasteiger partial charge in [0.1, 0.15) is 5.82 Å². The summed E-state index contributed by atoms with van der Waals surface area (Å²) in [5, 5.41) is 12.4. The van der Waals surface area contributed by atoms with Crippen molar-refractivity contribution >= 4 is 22.6 Å². The number of carbonyl (C=O) groups is 1. The highest BCUT2D eigenvalue weighted by Gasteiger charge is 2.28. The molecule has 1 amide bonds. The maximum Gasteiger partial charge on any atom is 0.223 e. The first-order valence-corrected chi connectivity index (χ1v) is 12.3. The van der Waals surface area contributed by atoms with Gasteiger partial charge in [0.05, 0.1) is 22.6 Å². The van der Waals surface area contributed by atoms with Crippen LogP contribution >= 0.6 is 0 Å². The molecule has 174 valence electrons. The van der Waals surface area contributed by atoms with Gasteiger partial charge in [0.25, 0.3) is 0 Å². The Morgan fingerprint density at radius 3 is 2.76 bits per heavy atom. The van der Waals surface area contributed by atoms with Crippen LogP contribution < -0.4 is 5.32 Å². The van der Waals surface area contributed by atoms with Crippen molar-refractivity contribution in [3.05, 3.63) is 53.9 Å². The van der Waals surface area contributed by atoms with Crippen molar-refractivity contribution in [2.24, 2.45) is 0 Å². The lowest BCUT2D eigenvalue weighted by Gasteiger charge is -2.39. The van der Waals surface area contributed by atoms with Crippen LogP contribution in [0.3, 0.4) is 0 Å². The summed E-state index contributed by atoms with van der Waals surface area (Å²) in [7, 11) is 2.14. The number of likely N-dealkylation sites (N-methyl/N-ethyl adjacent to an activating group) is 1. The molecule has 2 aromatic heterocycles. The van der Waals surface area contributed by atoms with Crippen LogP contribution in [0, 0.1) is 0 Å². The van der Waals surface area contributed by atoms with Gasteiger partial charge in [-0.15, -0.1) is 0 Å². The number of fused-ring (bicyclic) bond motifs is 1. The molecule has 0 bridgehead atoms. The summed E-state index contributed by atoms with van der Waals surface area (Å²) in [6.07, 6.45) is 9.16. The number of nitrogens with one attached hydrogen (secondary N) is 2. The van der Waals surface area contributed by atoms with Crippen LogP contribution in [-0.2, 0) is 11.2 Å². The minimum atomic E-state index is 0.200. The zero-order chi connectivity index (χ0) is 22.6. The molecule has 2 fully saturated rings. The molecule has 0 spiro atoms. The lowest BCUT2D eigenvalue weighted by atomic mass is 9.95. The van der Waals surface area contributed by atoms with E-state index in [0.29, 0.717) is 18.9 Å². The third kappa shape index (κ3) is 4.88. The third-order valence-electron chi connectivity index (χ3n) is 7.26. The summed E-state index contributed by atoms with van der Waals surface area (Å²) in [4.78, 5) is 22.1. The molecule has 33 heavy (non-hydrogen) atoms. The highest BCUT2D eigenvalue weighted by Crippen LogP contribution is 2.28. The van der Waals surface area contributed by atoms with Gasteiger partial charge < -0.3 is 10.2 Å². The second kappa shape index (κ2) is 9.91. The fraction of sp³-hybridized carbons (Fsp3) is 0.500. The maximum absolute atomic E-state index is 13.2. The van der Waals surface area contributed by atoms with Crippen molar-refractivity contribution in [2.75, 3.05) is 32.0 Å². The summed E-state index contributed by atoms with van der Waals surface area (Å²) < 4.78 is 0. The fourth-order valence-corrected chi connectivity index (χ4v) is 5.28. The molecule has 0 radical (unpaired) electrons. The van der Waals surface area contributed by atoms with Gasteiger partial charge in [0, 0.05) is 44.7 Å². The smallest absolute Gasteiger partial charge is 0.223 e. The van der Waals surface area contributed by atoms with E-state index in [1.54, 1.807) is 0 Å². The number of aromatic amines is 1. The number of hydrogen-bond acceptors (Lipinski definition) is 5. The van der Waals surface area contributed by atoms with Crippen LogP contribution in [0.1, 0.15) is 55.8 Å². The summed E-state index contributed by atoms with van der Waals surface area (Å²) >= 11 is 0. The van der Waals surface area contributed by atoms with Crippen LogP contribution in [0.5, 0.6) is 0 Å². The first kappa shape index (κ1) is 21.9. The Balaban J connectivity index is 1.26. The summed E-state index contributed by atoms with van der Waals surface area (Å²) in [5.74, 6) is 1.10. The molecule has 1 unspecified atom stereocenters. The number of anilines is 1. The van der Waals surface area contributed by atoms with Gasteiger partial charge >= 0.3 is 0 Å². The highest BCUT2D eigenvalue weighted by atomic mass is 16.2. The molecular formula is C26H34N6O. The fourth-order valence-electron chi connectivity index (χ4n) is 5.28.